The van der Waals surface area contributed by atoms with Crippen molar-refractivity contribution in [1.82, 2.24) is 10.3 Å². The molecule has 1 amide bonds. The number of amides is 1. The second kappa shape index (κ2) is 4.60. The zero-order valence-corrected chi connectivity index (χ0v) is 10.0. The number of hydrogen-bond acceptors (Lipinski definition) is 2. The van der Waals surface area contributed by atoms with Crippen molar-refractivity contribution in [2.75, 3.05) is 0 Å². The Labute approximate surface area is 95.1 Å². The minimum atomic E-state index is -0.538. The van der Waals surface area contributed by atoms with Gasteiger partial charge in [-0.2, -0.15) is 4.39 Å². The van der Waals surface area contributed by atoms with Gasteiger partial charge < -0.3 is 5.32 Å². The Hall–Kier alpha value is -1.45. The first-order valence-corrected chi connectivity index (χ1v) is 5.23. The number of nitrogens with one attached hydrogen (secondary N) is 1. The van der Waals surface area contributed by atoms with Crippen molar-refractivity contribution in [2.24, 2.45) is 5.41 Å². The van der Waals surface area contributed by atoms with E-state index in [1.165, 1.54) is 6.20 Å². The Kier molecular flexibility index (Phi) is 3.62. The van der Waals surface area contributed by atoms with E-state index >= 15 is 0 Å². The number of carbonyl (C=O) groups is 1. The lowest BCUT2D eigenvalue weighted by molar-refractivity contribution is -0.129. The largest absolute Gasteiger partial charge is 0.349 e. The molecule has 0 saturated carbocycles. The molecule has 1 aromatic rings. The van der Waals surface area contributed by atoms with Gasteiger partial charge >= 0.3 is 0 Å². The van der Waals surface area contributed by atoms with Crippen LogP contribution in [0.2, 0.25) is 0 Å². The van der Waals surface area contributed by atoms with E-state index in [0.29, 0.717) is 5.56 Å². The van der Waals surface area contributed by atoms with Crippen molar-refractivity contribution >= 4 is 5.91 Å². The second-order valence-corrected chi connectivity index (χ2v) is 4.83. The van der Waals surface area contributed by atoms with E-state index in [1.54, 1.807) is 19.1 Å². The van der Waals surface area contributed by atoms with Gasteiger partial charge in [0.2, 0.25) is 11.9 Å². The topological polar surface area (TPSA) is 42.0 Å². The van der Waals surface area contributed by atoms with Crippen LogP contribution in [-0.4, -0.2) is 10.9 Å². The van der Waals surface area contributed by atoms with Gasteiger partial charge in [-0.05, 0) is 13.0 Å². The van der Waals surface area contributed by atoms with Crippen LogP contribution >= 0.6 is 0 Å². The van der Waals surface area contributed by atoms with Gasteiger partial charge in [-0.1, -0.05) is 26.8 Å². The standard InChI is InChI=1S/C12H17FN2O/c1-8(15-11(16)12(2,3)4)9-6-5-7-14-10(9)13/h5-8H,1-4H3,(H,15,16)/t8-/m0/s1. The molecular formula is C12H17FN2O. The van der Waals surface area contributed by atoms with Crippen LogP contribution in [0.25, 0.3) is 0 Å². The second-order valence-electron chi connectivity index (χ2n) is 4.83. The summed E-state index contributed by atoms with van der Waals surface area (Å²) in [5.41, 5.74) is -0.0764. The molecule has 1 rings (SSSR count). The number of hydrogen-bond donors (Lipinski definition) is 1. The van der Waals surface area contributed by atoms with Crippen LogP contribution in [0, 0.1) is 11.4 Å². The molecule has 4 heteroatoms. The maximum Gasteiger partial charge on any atom is 0.225 e. The third kappa shape index (κ3) is 3.02. The Morgan fingerprint density at radius 1 is 1.50 bits per heavy atom. The summed E-state index contributed by atoms with van der Waals surface area (Å²) in [6, 6.07) is 2.90. The number of nitrogens with zero attached hydrogens (tertiary/aromatic N) is 1. The first-order valence-electron chi connectivity index (χ1n) is 5.23. The van der Waals surface area contributed by atoms with Crippen molar-refractivity contribution in [1.29, 1.82) is 0 Å². The molecule has 0 aliphatic rings. The average Bonchev–Trinajstić information content (AvgIpc) is 2.16. The fourth-order valence-electron chi connectivity index (χ4n) is 1.21. The third-order valence-electron chi connectivity index (χ3n) is 2.28. The predicted octanol–water partition coefficient (Wildman–Crippen LogP) is 2.44. The fourth-order valence-corrected chi connectivity index (χ4v) is 1.21. The van der Waals surface area contributed by atoms with E-state index < -0.39 is 11.4 Å². The summed E-state index contributed by atoms with van der Waals surface area (Å²) in [6.07, 6.45) is 1.39. The number of pyridine rings is 1. The molecular weight excluding hydrogens is 207 g/mol. The molecule has 0 aromatic carbocycles. The van der Waals surface area contributed by atoms with E-state index in [1.807, 2.05) is 20.8 Å². The highest BCUT2D eigenvalue weighted by molar-refractivity contribution is 5.81. The maximum absolute atomic E-state index is 13.3. The zero-order chi connectivity index (χ0) is 12.3. The molecule has 16 heavy (non-hydrogen) atoms. The molecule has 1 aromatic heterocycles. The van der Waals surface area contributed by atoms with Crippen molar-refractivity contribution in [3.8, 4) is 0 Å². The summed E-state index contributed by atoms with van der Waals surface area (Å²) in [5, 5.41) is 2.76. The number of halogens is 1. The molecule has 0 radical (unpaired) electrons. The average molecular weight is 224 g/mol. The van der Waals surface area contributed by atoms with Crippen LogP contribution in [0.1, 0.15) is 39.3 Å². The molecule has 0 unspecified atom stereocenters. The van der Waals surface area contributed by atoms with Crippen LogP contribution < -0.4 is 5.32 Å². The van der Waals surface area contributed by atoms with Gasteiger partial charge in [0.25, 0.3) is 0 Å². The van der Waals surface area contributed by atoms with Crippen molar-refractivity contribution in [2.45, 2.75) is 33.7 Å². The summed E-state index contributed by atoms with van der Waals surface area (Å²) in [6.45, 7) is 7.18. The number of carbonyl (C=O) groups excluding carboxylic acids is 1. The van der Waals surface area contributed by atoms with Gasteiger partial charge in [-0.3, -0.25) is 4.79 Å². The van der Waals surface area contributed by atoms with Gasteiger partial charge in [0.1, 0.15) is 0 Å². The summed E-state index contributed by atoms with van der Waals surface area (Å²) in [5.74, 6) is -0.646. The van der Waals surface area contributed by atoms with Crippen molar-refractivity contribution in [3.63, 3.8) is 0 Å². The summed E-state index contributed by atoms with van der Waals surface area (Å²) < 4.78 is 13.3. The van der Waals surface area contributed by atoms with E-state index in [4.69, 9.17) is 0 Å². The first kappa shape index (κ1) is 12.6. The molecule has 0 spiro atoms. The summed E-state index contributed by atoms with van der Waals surface area (Å²) in [7, 11) is 0. The Morgan fingerprint density at radius 2 is 2.12 bits per heavy atom. The molecule has 1 heterocycles. The van der Waals surface area contributed by atoms with Crippen LogP contribution in [0.3, 0.4) is 0 Å². The Balaban J connectivity index is 2.78. The highest BCUT2D eigenvalue weighted by Crippen LogP contribution is 2.18. The van der Waals surface area contributed by atoms with Crippen molar-refractivity contribution in [3.05, 3.63) is 29.8 Å². The van der Waals surface area contributed by atoms with Crippen LogP contribution in [-0.2, 0) is 4.79 Å². The van der Waals surface area contributed by atoms with E-state index in [2.05, 4.69) is 10.3 Å². The number of rotatable bonds is 2. The SMILES string of the molecule is C[C@H](NC(=O)C(C)(C)C)c1cccnc1F. The highest BCUT2D eigenvalue weighted by atomic mass is 19.1. The van der Waals surface area contributed by atoms with Crippen LogP contribution in [0.5, 0.6) is 0 Å². The monoisotopic (exact) mass is 224 g/mol. The van der Waals surface area contributed by atoms with Crippen molar-refractivity contribution < 1.29 is 9.18 Å². The Morgan fingerprint density at radius 3 is 2.62 bits per heavy atom. The van der Waals surface area contributed by atoms with Crippen LogP contribution in [0.15, 0.2) is 18.3 Å². The molecule has 0 saturated heterocycles. The van der Waals surface area contributed by atoms with Gasteiger partial charge in [-0.25, -0.2) is 4.98 Å². The zero-order valence-electron chi connectivity index (χ0n) is 10.0. The van der Waals surface area contributed by atoms with Gasteiger partial charge in [-0.15, -0.1) is 0 Å². The van der Waals surface area contributed by atoms with E-state index in [0.717, 1.165) is 0 Å². The Bertz CT molecular complexity index is 385. The lowest BCUT2D eigenvalue weighted by Gasteiger charge is -2.22. The van der Waals surface area contributed by atoms with Gasteiger partial charge in [0, 0.05) is 17.2 Å². The molecule has 88 valence electrons. The molecule has 1 N–H and O–H groups in total. The minimum Gasteiger partial charge on any atom is -0.349 e. The molecule has 3 nitrogen and oxygen atoms in total. The lowest BCUT2D eigenvalue weighted by atomic mass is 9.95. The maximum atomic E-state index is 13.3. The summed E-state index contributed by atoms with van der Waals surface area (Å²) >= 11 is 0. The quantitative estimate of drug-likeness (QED) is 0.784. The first-order chi connectivity index (χ1) is 7.32. The third-order valence-corrected chi connectivity index (χ3v) is 2.28. The molecule has 1 atom stereocenters. The molecule has 0 aliphatic carbocycles. The molecule has 0 aliphatic heterocycles. The fraction of sp³-hybridized carbons (Fsp3) is 0.500. The predicted molar refractivity (Wildman–Crippen MR) is 60.2 cm³/mol. The van der Waals surface area contributed by atoms with Crippen LogP contribution in [0.4, 0.5) is 4.39 Å². The van der Waals surface area contributed by atoms with E-state index in [9.17, 15) is 9.18 Å². The smallest absolute Gasteiger partial charge is 0.225 e. The minimum absolute atomic E-state index is 0.108. The summed E-state index contributed by atoms with van der Waals surface area (Å²) in [4.78, 5) is 15.3. The number of aromatic nitrogens is 1. The normalized spacial score (nSPS) is 13.3. The van der Waals surface area contributed by atoms with Gasteiger partial charge in [0.05, 0.1) is 6.04 Å². The lowest BCUT2D eigenvalue weighted by Crippen LogP contribution is -2.36. The van der Waals surface area contributed by atoms with E-state index in [-0.39, 0.29) is 11.9 Å². The molecule has 0 bridgehead atoms. The molecule has 0 fully saturated rings. The van der Waals surface area contributed by atoms with Gasteiger partial charge in [0.15, 0.2) is 0 Å². The highest BCUT2D eigenvalue weighted by Gasteiger charge is 2.23.